The molecule has 3 N–H and O–H groups in total. The molecule has 0 aromatic heterocycles. The predicted octanol–water partition coefficient (Wildman–Crippen LogP) is 4.96. The van der Waals surface area contributed by atoms with Crippen molar-refractivity contribution in [2.24, 2.45) is 0 Å². The standard InChI is InChI=1S/C18H15Cl4N3O2S/c1-10(26)11-4-8-14(9-5-11)23-17(28)25-16(18(20,21)22)24-15(27)12-2-6-13(19)7-3-12/h2-9,16H,1H3,(H,24,27)(H2,23,25,28). The maximum Gasteiger partial charge on any atom is 0.252 e. The summed E-state index contributed by atoms with van der Waals surface area (Å²) in [5, 5.41) is 8.83. The topological polar surface area (TPSA) is 70.2 Å². The molecule has 10 heteroatoms. The predicted molar refractivity (Wildman–Crippen MR) is 119 cm³/mol. The lowest BCUT2D eigenvalue weighted by molar-refractivity contribution is 0.0933. The van der Waals surface area contributed by atoms with Crippen molar-refractivity contribution >= 4 is 81.1 Å². The highest BCUT2D eigenvalue weighted by Crippen LogP contribution is 2.29. The number of carbonyl (C=O) groups is 2. The number of benzene rings is 2. The molecule has 0 fully saturated rings. The maximum absolute atomic E-state index is 12.4. The summed E-state index contributed by atoms with van der Waals surface area (Å²) in [6.07, 6.45) is -1.11. The molecule has 28 heavy (non-hydrogen) atoms. The van der Waals surface area contributed by atoms with Gasteiger partial charge in [-0.3, -0.25) is 9.59 Å². The van der Waals surface area contributed by atoms with Gasteiger partial charge in [-0.2, -0.15) is 0 Å². The number of Topliss-reactive ketones (excluding diaryl/α,β-unsaturated/α-hetero) is 1. The van der Waals surface area contributed by atoms with Gasteiger partial charge in [-0.25, -0.2) is 0 Å². The van der Waals surface area contributed by atoms with Crippen LogP contribution in [0.5, 0.6) is 0 Å². The number of halogens is 4. The highest BCUT2D eigenvalue weighted by Gasteiger charge is 2.34. The van der Waals surface area contributed by atoms with Crippen LogP contribution in [0.2, 0.25) is 5.02 Å². The van der Waals surface area contributed by atoms with Gasteiger partial charge in [0.2, 0.25) is 3.79 Å². The Bertz CT molecular complexity index is 868. The number of carbonyl (C=O) groups excluding carboxylic acids is 2. The number of ketones is 1. The zero-order valence-electron chi connectivity index (χ0n) is 14.4. The van der Waals surface area contributed by atoms with Crippen LogP contribution in [0.3, 0.4) is 0 Å². The summed E-state index contributed by atoms with van der Waals surface area (Å²) in [7, 11) is 0. The van der Waals surface area contributed by atoms with Crippen LogP contribution in [-0.2, 0) is 0 Å². The van der Waals surface area contributed by atoms with Gasteiger partial charge < -0.3 is 16.0 Å². The lowest BCUT2D eigenvalue weighted by atomic mass is 10.1. The first kappa shape index (κ1) is 22.7. The molecule has 1 unspecified atom stereocenters. The monoisotopic (exact) mass is 477 g/mol. The van der Waals surface area contributed by atoms with E-state index in [9.17, 15) is 9.59 Å². The zero-order valence-corrected chi connectivity index (χ0v) is 18.3. The average Bonchev–Trinajstić information content (AvgIpc) is 2.61. The minimum Gasteiger partial charge on any atom is -0.339 e. The van der Waals surface area contributed by atoms with E-state index in [-0.39, 0.29) is 10.9 Å². The van der Waals surface area contributed by atoms with Crippen LogP contribution >= 0.6 is 58.6 Å². The molecule has 1 amide bonds. The van der Waals surface area contributed by atoms with Crippen molar-refractivity contribution in [1.82, 2.24) is 10.6 Å². The second kappa shape index (κ2) is 9.76. The minimum atomic E-state index is -1.88. The van der Waals surface area contributed by atoms with Crippen LogP contribution in [0.15, 0.2) is 48.5 Å². The first-order valence-electron chi connectivity index (χ1n) is 7.88. The van der Waals surface area contributed by atoms with Crippen molar-refractivity contribution in [2.45, 2.75) is 16.9 Å². The molecule has 2 aromatic rings. The van der Waals surface area contributed by atoms with Gasteiger partial charge in [0.25, 0.3) is 5.91 Å². The van der Waals surface area contributed by atoms with Crippen LogP contribution in [0.1, 0.15) is 27.6 Å². The molecule has 2 aromatic carbocycles. The smallest absolute Gasteiger partial charge is 0.252 e. The molecule has 0 saturated heterocycles. The Labute approximate surface area is 187 Å². The lowest BCUT2D eigenvalue weighted by Crippen LogP contribution is -2.56. The van der Waals surface area contributed by atoms with Gasteiger partial charge in [0.15, 0.2) is 10.9 Å². The summed E-state index contributed by atoms with van der Waals surface area (Å²) in [6, 6.07) is 12.9. The number of amides is 1. The van der Waals surface area contributed by atoms with E-state index >= 15 is 0 Å². The Morgan fingerprint density at radius 3 is 1.96 bits per heavy atom. The molecule has 5 nitrogen and oxygen atoms in total. The SMILES string of the molecule is CC(=O)c1ccc(NC(=S)NC(NC(=O)c2ccc(Cl)cc2)C(Cl)(Cl)Cl)cc1. The van der Waals surface area contributed by atoms with Gasteiger partial charge in [0.05, 0.1) is 0 Å². The Hall–Kier alpha value is -1.57. The number of hydrogen-bond acceptors (Lipinski definition) is 3. The largest absolute Gasteiger partial charge is 0.339 e. The van der Waals surface area contributed by atoms with Crippen molar-refractivity contribution in [3.05, 3.63) is 64.7 Å². The maximum atomic E-state index is 12.4. The molecule has 0 saturated carbocycles. The van der Waals surface area contributed by atoms with Crippen molar-refractivity contribution in [2.75, 3.05) is 5.32 Å². The summed E-state index contributed by atoms with van der Waals surface area (Å²) in [5.41, 5.74) is 1.53. The molecule has 0 spiro atoms. The van der Waals surface area contributed by atoms with E-state index in [1.54, 1.807) is 48.5 Å². The first-order valence-corrected chi connectivity index (χ1v) is 9.80. The number of thiocarbonyl (C=S) groups is 1. The molecular weight excluding hydrogens is 464 g/mol. The van der Waals surface area contributed by atoms with E-state index in [1.807, 2.05) is 0 Å². The Balaban J connectivity index is 2.04. The molecule has 0 aliphatic rings. The summed E-state index contributed by atoms with van der Waals surface area (Å²) in [5.74, 6) is -0.525. The molecular formula is C18H15Cl4N3O2S. The third-order valence-electron chi connectivity index (χ3n) is 3.53. The number of anilines is 1. The van der Waals surface area contributed by atoms with E-state index < -0.39 is 15.9 Å². The average molecular weight is 479 g/mol. The Morgan fingerprint density at radius 1 is 0.929 bits per heavy atom. The van der Waals surface area contributed by atoms with E-state index in [0.717, 1.165) is 0 Å². The lowest BCUT2D eigenvalue weighted by Gasteiger charge is -2.27. The van der Waals surface area contributed by atoms with Crippen LogP contribution in [0.4, 0.5) is 5.69 Å². The first-order chi connectivity index (χ1) is 13.1. The normalized spacial score (nSPS) is 12.0. The number of alkyl halides is 3. The quantitative estimate of drug-likeness (QED) is 0.245. The van der Waals surface area contributed by atoms with Crippen LogP contribution in [-0.4, -0.2) is 26.8 Å². The molecule has 0 bridgehead atoms. The number of rotatable bonds is 5. The van der Waals surface area contributed by atoms with E-state index in [1.165, 1.54) is 6.92 Å². The van der Waals surface area contributed by atoms with Crippen LogP contribution in [0, 0.1) is 0 Å². The van der Waals surface area contributed by atoms with Gasteiger partial charge in [-0.1, -0.05) is 46.4 Å². The molecule has 1 atom stereocenters. The highest BCUT2D eigenvalue weighted by atomic mass is 35.6. The molecule has 148 valence electrons. The highest BCUT2D eigenvalue weighted by molar-refractivity contribution is 7.80. The third-order valence-corrected chi connectivity index (χ3v) is 4.66. The van der Waals surface area contributed by atoms with Crippen molar-refractivity contribution < 1.29 is 9.59 Å². The van der Waals surface area contributed by atoms with E-state index in [0.29, 0.717) is 21.8 Å². The van der Waals surface area contributed by atoms with Crippen LogP contribution < -0.4 is 16.0 Å². The Morgan fingerprint density at radius 2 is 1.46 bits per heavy atom. The molecule has 0 radical (unpaired) electrons. The fourth-order valence-electron chi connectivity index (χ4n) is 2.10. The second-order valence-electron chi connectivity index (χ2n) is 5.69. The van der Waals surface area contributed by atoms with Crippen molar-refractivity contribution in [3.63, 3.8) is 0 Å². The third kappa shape index (κ3) is 6.79. The number of hydrogen-bond donors (Lipinski definition) is 3. The fraction of sp³-hybridized carbons (Fsp3) is 0.167. The van der Waals surface area contributed by atoms with Crippen molar-refractivity contribution in [1.29, 1.82) is 0 Å². The Kier molecular flexibility index (Phi) is 7.92. The van der Waals surface area contributed by atoms with Gasteiger partial charge in [-0.05, 0) is 67.7 Å². The minimum absolute atomic E-state index is 0.0477. The van der Waals surface area contributed by atoms with Gasteiger partial charge in [0, 0.05) is 21.8 Å². The summed E-state index contributed by atoms with van der Waals surface area (Å²) in [4.78, 5) is 23.7. The summed E-state index contributed by atoms with van der Waals surface area (Å²) >= 11 is 28.9. The summed E-state index contributed by atoms with van der Waals surface area (Å²) < 4.78 is -1.88. The van der Waals surface area contributed by atoms with E-state index in [4.69, 9.17) is 58.6 Å². The van der Waals surface area contributed by atoms with Gasteiger partial charge in [0.1, 0.15) is 6.17 Å². The summed E-state index contributed by atoms with van der Waals surface area (Å²) in [6.45, 7) is 1.48. The molecule has 0 aliphatic heterocycles. The van der Waals surface area contributed by atoms with Crippen LogP contribution in [0.25, 0.3) is 0 Å². The fourth-order valence-corrected chi connectivity index (χ4v) is 2.79. The van der Waals surface area contributed by atoms with Gasteiger partial charge >= 0.3 is 0 Å². The second-order valence-corrected chi connectivity index (χ2v) is 8.90. The van der Waals surface area contributed by atoms with E-state index in [2.05, 4.69) is 16.0 Å². The molecule has 2 rings (SSSR count). The molecule has 0 aliphatic carbocycles. The van der Waals surface area contributed by atoms with Gasteiger partial charge in [-0.15, -0.1) is 0 Å². The number of nitrogens with one attached hydrogen (secondary N) is 3. The molecule has 0 heterocycles. The van der Waals surface area contributed by atoms with Crippen molar-refractivity contribution in [3.8, 4) is 0 Å². The zero-order chi connectivity index (χ0) is 20.9.